The largest absolute Gasteiger partial charge is 0.322 e. The Kier molecular flexibility index (Phi) is 6.50. The fourth-order valence-corrected chi connectivity index (χ4v) is 3.76. The zero-order valence-electron chi connectivity index (χ0n) is 17.6. The third-order valence-electron chi connectivity index (χ3n) is 4.64. The predicted octanol–water partition coefficient (Wildman–Crippen LogP) is 4.53. The van der Waals surface area contributed by atoms with Crippen LogP contribution in [0.2, 0.25) is 0 Å². The number of amides is 2. The molecule has 0 unspecified atom stereocenters. The van der Waals surface area contributed by atoms with Gasteiger partial charge in [0.05, 0.1) is 21.5 Å². The number of nitro groups is 2. The van der Waals surface area contributed by atoms with Gasteiger partial charge < -0.3 is 5.32 Å². The fourth-order valence-electron chi connectivity index (χ4n) is 3.02. The lowest BCUT2D eigenvalue weighted by Crippen LogP contribution is -2.15. The maximum absolute atomic E-state index is 12.7. The lowest BCUT2D eigenvalue weighted by Gasteiger charge is -2.07. The van der Waals surface area contributed by atoms with Gasteiger partial charge in [-0.15, -0.1) is 10.2 Å². The molecular formula is C22H14N6O6S. The number of anilines is 2. The second kappa shape index (κ2) is 9.84. The number of nitro benzene ring substituents is 2. The minimum absolute atomic E-state index is 0.198. The Bertz CT molecular complexity index is 1420. The Morgan fingerprint density at radius 1 is 0.743 bits per heavy atom. The van der Waals surface area contributed by atoms with Crippen molar-refractivity contribution < 1.29 is 19.4 Å². The summed E-state index contributed by atoms with van der Waals surface area (Å²) in [6.45, 7) is 0. The molecular weight excluding hydrogens is 476 g/mol. The van der Waals surface area contributed by atoms with E-state index < -0.39 is 33.0 Å². The number of hydrogen-bond acceptors (Lipinski definition) is 9. The van der Waals surface area contributed by atoms with Crippen LogP contribution in [0.5, 0.6) is 0 Å². The first-order valence-electron chi connectivity index (χ1n) is 9.86. The summed E-state index contributed by atoms with van der Waals surface area (Å²) in [6.07, 6.45) is 0. The van der Waals surface area contributed by atoms with Crippen LogP contribution in [-0.4, -0.2) is 31.9 Å². The SMILES string of the molecule is O=C(Nc1cccc(C(=O)Nc2nnc(-c3ccccc3)s2)c1)c1cc([N+](=O)[O-])cc([N+](=O)[O-])c1. The van der Waals surface area contributed by atoms with Gasteiger partial charge in [-0.05, 0) is 18.2 Å². The molecule has 12 nitrogen and oxygen atoms in total. The number of non-ortho nitro benzene ring substituents is 2. The molecule has 13 heteroatoms. The first kappa shape index (κ1) is 23.1. The zero-order chi connectivity index (χ0) is 24.9. The summed E-state index contributed by atoms with van der Waals surface area (Å²) in [5, 5.41) is 36.2. The van der Waals surface area contributed by atoms with Gasteiger partial charge in [0.2, 0.25) is 5.13 Å². The van der Waals surface area contributed by atoms with Crippen molar-refractivity contribution in [2.45, 2.75) is 0 Å². The molecule has 0 bridgehead atoms. The van der Waals surface area contributed by atoms with E-state index in [0.717, 1.165) is 23.8 Å². The highest BCUT2D eigenvalue weighted by molar-refractivity contribution is 7.18. The van der Waals surface area contributed by atoms with E-state index in [1.807, 2.05) is 30.3 Å². The molecule has 35 heavy (non-hydrogen) atoms. The molecule has 0 radical (unpaired) electrons. The maximum Gasteiger partial charge on any atom is 0.277 e. The summed E-state index contributed by atoms with van der Waals surface area (Å²) in [5.41, 5.74) is -0.197. The van der Waals surface area contributed by atoms with Crippen LogP contribution in [0.15, 0.2) is 72.8 Å². The highest BCUT2D eigenvalue weighted by Crippen LogP contribution is 2.27. The van der Waals surface area contributed by atoms with Crippen molar-refractivity contribution in [2.24, 2.45) is 0 Å². The van der Waals surface area contributed by atoms with E-state index in [-0.39, 0.29) is 21.9 Å². The van der Waals surface area contributed by atoms with Crippen molar-refractivity contribution in [2.75, 3.05) is 10.6 Å². The number of carbonyl (C=O) groups is 2. The second-order valence-corrected chi connectivity index (χ2v) is 8.00. The van der Waals surface area contributed by atoms with Crippen LogP contribution in [0.25, 0.3) is 10.6 Å². The van der Waals surface area contributed by atoms with E-state index in [0.29, 0.717) is 5.01 Å². The van der Waals surface area contributed by atoms with E-state index >= 15 is 0 Å². The molecule has 0 atom stereocenters. The van der Waals surface area contributed by atoms with Crippen molar-refractivity contribution >= 4 is 45.3 Å². The first-order valence-corrected chi connectivity index (χ1v) is 10.7. The van der Waals surface area contributed by atoms with Crippen LogP contribution in [-0.2, 0) is 0 Å². The van der Waals surface area contributed by atoms with Crippen LogP contribution in [0.4, 0.5) is 22.2 Å². The molecule has 3 aromatic carbocycles. The van der Waals surface area contributed by atoms with E-state index in [1.165, 1.54) is 35.6 Å². The molecule has 0 aliphatic rings. The summed E-state index contributed by atoms with van der Waals surface area (Å²) in [4.78, 5) is 45.7. The summed E-state index contributed by atoms with van der Waals surface area (Å²) >= 11 is 1.19. The van der Waals surface area contributed by atoms with Gasteiger partial charge in [0, 0.05) is 28.9 Å². The molecule has 0 aliphatic heterocycles. The standard InChI is InChI=1S/C22H14N6O6S/c29-19(24-22-26-25-21(35-22)13-5-2-1-3-6-13)14-7-4-8-16(9-14)23-20(30)15-10-17(27(31)32)12-18(11-15)28(33)34/h1-12H,(H,23,30)(H,24,26,29). The molecule has 0 saturated heterocycles. The number of benzene rings is 3. The van der Waals surface area contributed by atoms with Crippen LogP contribution in [0, 0.1) is 20.2 Å². The van der Waals surface area contributed by atoms with Crippen molar-refractivity contribution in [3.05, 3.63) is 104 Å². The Balaban J connectivity index is 1.49. The summed E-state index contributed by atoms with van der Waals surface area (Å²) in [7, 11) is 0. The molecule has 2 amide bonds. The van der Waals surface area contributed by atoms with E-state index in [9.17, 15) is 29.8 Å². The smallest absolute Gasteiger partial charge is 0.277 e. The summed E-state index contributed by atoms with van der Waals surface area (Å²) in [5.74, 6) is -1.31. The molecule has 0 aliphatic carbocycles. The molecule has 0 fully saturated rings. The zero-order valence-corrected chi connectivity index (χ0v) is 18.4. The number of rotatable bonds is 7. The maximum atomic E-state index is 12.7. The number of nitrogens with one attached hydrogen (secondary N) is 2. The molecule has 1 aromatic heterocycles. The van der Waals surface area contributed by atoms with Crippen LogP contribution in [0.3, 0.4) is 0 Å². The van der Waals surface area contributed by atoms with Crippen molar-refractivity contribution in [3.8, 4) is 10.6 Å². The fraction of sp³-hybridized carbons (Fsp3) is 0. The average molecular weight is 490 g/mol. The summed E-state index contributed by atoms with van der Waals surface area (Å²) in [6, 6.07) is 17.9. The van der Waals surface area contributed by atoms with Gasteiger partial charge in [-0.1, -0.05) is 47.7 Å². The summed E-state index contributed by atoms with van der Waals surface area (Å²) < 4.78 is 0. The lowest BCUT2D eigenvalue weighted by molar-refractivity contribution is -0.394. The first-order chi connectivity index (χ1) is 16.8. The van der Waals surface area contributed by atoms with E-state index in [2.05, 4.69) is 20.8 Å². The van der Waals surface area contributed by atoms with Crippen molar-refractivity contribution in [1.82, 2.24) is 10.2 Å². The molecule has 4 rings (SSSR count). The van der Waals surface area contributed by atoms with Crippen molar-refractivity contribution in [1.29, 1.82) is 0 Å². The van der Waals surface area contributed by atoms with Gasteiger partial charge in [0.25, 0.3) is 23.2 Å². The van der Waals surface area contributed by atoms with Crippen LogP contribution in [0.1, 0.15) is 20.7 Å². The molecule has 1 heterocycles. The van der Waals surface area contributed by atoms with Gasteiger partial charge in [0.1, 0.15) is 5.01 Å². The highest BCUT2D eigenvalue weighted by atomic mass is 32.1. The molecule has 2 N–H and O–H groups in total. The predicted molar refractivity (Wildman–Crippen MR) is 127 cm³/mol. The monoisotopic (exact) mass is 490 g/mol. The quantitative estimate of drug-likeness (QED) is 0.281. The molecule has 0 saturated carbocycles. The average Bonchev–Trinajstić information content (AvgIpc) is 3.33. The third kappa shape index (κ3) is 5.48. The number of carbonyl (C=O) groups excluding carboxylic acids is 2. The number of aromatic nitrogens is 2. The van der Waals surface area contributed by atoms with Crippen LogP contribution >= 0.6 is 11.3 Å². The number of hydrogen-bond donors (Lipinski definition) is 2. The number of nitrogens with zero attached hydrogens (tertiary/aromatic N) is 4. The van der Waals surface area contributed by atoms with Gasteiger partial charge in [-0.25, -0.2) is 0 Å². The Morgan fingerprint density at radius 3 is 2.06 bits per heavy atom. The molecule has 0 spiro atoms. The minimum atomic E-state index is -0.828. The van der Waals surface area contributed by atoms with Gasteiger partial charge in [-0.2, -0.15) is 0 Å². The lowest BCUT2D eigenvalue weighted by atomic mass is 10.1. The normalized spacial score (nSPS) is 10.4. The van der Waals surface area contributed by atoms with Crippen molar-refractivity contribution in [3.63, 3.8) is 0 Å². The van der Waals surface area contributed by atoms with E-state index in [1.54, 1.807) is 0 Å². The molecule has 174 valence electrons. The van der Waals surface area contributed by atoms with Crippen LogP contribution < -0.4 is 10.6 Å². The Hall–Kier alpha value is -5.04. The van der Waals surface area contributed by atoms with Gasteiger partial charge >= 0.3 is 0 Å². The minimum Gasteiger partial charge on any atom is -0.322 e. The Labute approximate surface area is 200 Å². The Morgan fingerprint density at radius 2 is 1.40 bits per heavy atom. The second-order valence-electron chi connectivity index (χ2n) is 7.02. The highest BCUT2D eigenvalue weighted by Gasteiger charge is 2.20. The topological polar surface area (TPSA) is 170 Å². The molecule has 4 aromatic rings. The van der Waals surface area contributed by atoms with Gasteiger partial charge in [-0.3, -0.25) is 35.1 Å². The van der Waals surface area contributed by atoms with Gasteiger partial charge in [0.15, 0.2) is 0 Å². The third-order valence-corrected chi connectivity index (χ3v) is 5.52. The van der Waals surface area contributed by atoms with E-state index in [4.69, 9.17) is 0 Å².